The second-order valence-electron chi connectivity index (χ2n) is 6.59. The topological polar surface area (TPSA) is 41.1 Å². The summed E-state index contributed by atoms with van der Waals surface area (Å²) in [5.41, 5.74) is 3.89. The van der Waals surface area contributed by atoms with Crippen LogP contribution in [0.5, 0.6) is 0 Å². The first kappa shape index (κ1) is 16.5. The summed E-state index contributed by atoms with van der Waals surface area (Å²) in [4.78, 5) is 14.2. The molecule has 3 aromatic rings. The Hall–Kier alpha value is -1.98. The summed E-state index contributed by atoms with van der Waals surface area (Å²) in [5, 5.41) is 4.71. The molecule has 25 heavy (non-hydrogen) atoms. The van der Waals surface area contributed by atoms with E-state index in [-0.39, 0.29) is 0 Å². The van der Waals surface area contributed by atoms with Crippen molar-refractivity contribution in [2.45, 2.75) is 26.7 Å². The molecular formula is C20H24N4S. The van der Waals surface area contributed by atoms with E-state index in [1.54, 1.807) is 6.33 Å². The van der Waals surface area contributed by atoms with E-state index in [0.29, 0.717) is 0 Å². The zero-order valence-electron chi connectivity index (χ0n) is 14.9. The largest absolute Gasteiger partial charge is 0.355 e. The first-order valence-electron chi connectivity index (χ1n) is 9.07. The Morgan fingerprint density at radius 3 is 2.76 bits per heavy atom. The first-order chi connectivity index (χ1) is 12.3. The molecule has 0 unspecified atom stereocenters. The number of nitrogens with zero attached hydrogens (tertiary/aromatic N) is 3. The molecule has 0 aliphatic carbocycles. The van der Waals surface area contributed by atoms with Crippen molar-refractivity contribution < 1.29 is 0 Å². The van der Waals surface area contributed by atoms with Crippen molar-refractivity contribution in [1.82, 2.24) is 15.3 Å². The number of rotatable bonds is 3. The number of aromatic nitrogens is 2. The van der Waals surface area contributed by atoms with Gasteiger partial charge in [0.25, 0.3) is 0 Å². The number of hydrogen-bond acceptors (Lipinski definition) is 5. The minimum absolute atomic E-state index is 0.997. The molecular weight excluding hydrogens is 328 g/mol. The van der Waals surface area contributed by atoms with Gasteiger partial charge in [0.2, 0.25) is 0 Å². The van der Waals surface area contributed by atoms with Crippen LogP contribution in [0, 0.1) is 6.92 Å². The highest BCUT2D eigenvalue weighted by Crippen LogP contribution is 2.42. The number of nitrogens with one attached hydrogen (secondary N) is 1. The van der Waals surface area contributed by atoms with Gasteiger partial charge in [-0.3, -0.25) is 0 Å². The fraction of sp³-hybridized carbons (Fsp3) is 0.400. The lowest BCUT2D eigenvalue weighted by Gasteiger charge is -2.22. The van der Waals surface area contributed by atoms with Crippen molar-refractivity contribution in [3.8, 4) is 11.1 Å². The molecule has 1 aliphatic heterocycles. The van der Waals surface area contributed by atoms with Gasteiger partial charge in [-0.25, -0.2) is 9.97 Å². The molecule has 5 heteroatoms. The van der Waals surface area contributed by atoms with Crippen molar-refractivity contribution in [2.24, 2.45) is 0 Å². The van der Waals surface area contributed by atoms with E-state index in [0.717, 1.165) is 49.7 Å². The van der Waals surface area contributed by atoms with Gasteiger partial charge in [-0.15, -0.1) is 11.3 Å². The van der Waals surface area contributed by atoms with Crippen molar-refractivity contribution in [2.75, 3.05) is 31.1 Å². The Morgan fingerprint density at radius 2 is 1.96 bits per heavy atom. The maximum Gasteiger partial charge on any atom is 0.141 e. The standard InChI is InChI=1S/C20H24N4S/c1-3-16-17(15-7-5-14(2)6-8-15)18-19(22-13-23-20(18)25-16)24-11-4-9-21-10-12-24/h5-8,13,21H,3-4,9-12H2,1-2H3. The van der Waals surface area contributed by atoms with Gasteiger partial charge in [0.05, 0.1) is 5.39 Å². The van der Waals surface area contributed by atoms with E-state index >= 15 is 0 Å². The SMILES string of the molecule is CCc1sc2ncnc(N3CCCNCC3)c2c1-c1ccc(C)cc1. The number of aryl methyl sites for hydroxylation is 2. The highest BCUT2D eigenvalue weighted by atomic mass is 32.1. The number of hydrogen-bond donors (Lipinski definition) is 1. The summed E-state index contributed by atoms with van der Waals surface area (Å²) in [6.45, 7) is 8.50. The summed E-state index contributed by atoms with van der Waals surface area (Å²) in [5.74, 6) is 1.10. The van der Waals surface area contributed by atoms with E-state index in [9.17, 15) is 0 Å². The monoisotopic (exact) mass is 352 g/mol. The molecule has 1 aliphatic rings. The van der Waals surface area contributed by atoms with Crippen molar-refractivity contribution in [3.63, 3.8) is 0 Å². The van der Waals surface area contributed by atoms with Crippen molar-refractivity contribution in [3.05, 3.63) is 41.0 Å². The Kier molecular flexibility index (Phi) is 4.68. The highest BCUT2D eigenvalue weighted by Gasteiger charge is 2.21. The molecule has 0 radical (unpaired) electrons. The third-order valence-corrected chi connectivity index (χ3v) is 6.08. The van der Waals surface area contributed by atoms with E-state index in [4.69, 9.17) is 4.98 Å². The Labute approximate surface area is 152 Å². The fourth-order valence-corrected chi connectivity index (χ4v) is 4.63. The average molecular weight is 353 g/mol. The molecule has 2 aromatic heterocycles. The summed E-state index contributed by atoms with van der Waals surface area (Å²) >= 11 is 1.81. The fourth-order valence-electron chi connectivity index (χ4n) is 3.54. The third-order valence-electron chi connectivity index (χ3n) is 4.84. The van der Waals surface area contributed by atoms with E-state index in [1.807, 2.05) is 11.3 Å². The van der Waals surface area contributed by atoms with Crippen LogP contribution in [-0.2, 0) is 6.42 Å². The van der Waals surface area contributed by atoms with Crippen LogP contribution in [-0.4, -0.2) is 36.1 Å². The molecule has 0 spiro atoms. The average Bonchev–Trinajstić information content (AvgIpc) is 2.81. The van der Waals surface area contributed by atoms with E-state index < -0.39 is 0 Å². The molecule has 1 fully saturated rings. The van der Waals surface area contributed by atoms with Crippen LogP contribution in [0.25, 0.3) is 21.3 Å². The summed E-state index contributed by atoms with van der Waals surface area (Å²) < 4.78 is 0. The van der Waals surface area contributed by atoms with Crippen LogP contribution >= 0.6 is 11.3 Å². The Balaban J connectivity index is 1.92. The van der Waals surface area contributed by atoms with Crippen molar-refractivity contribution >= 4 is 27.4 Å². The molecule has 130 valence electrons. The molecule has 3 heterocycles. The van der Waals surface area contributed by atoms with Gasteiger partial charge in [0.1, 0.15) is 17.0 Å². The molecule has 4 nitrogen and oxygen atoms in total. The number of anilines is 1. The van der Waals surface area contributed by atoms with Crippen molar-refractivity contribution in [1.29, 1.82) is 0 Å². The number of fused-ring (bicyclic) bond motifs is 1. The molecule has 0 saturated carbocycles. The van der Waals surface area contributed by atoms with Crippen LogP contribution in [0.4, 0.5) is 5.82 Å². The summed E-state index contributed by atoms with van der Waals surface area (Å²) in [7, 11) is 0. The molecule has 4 rings (SSSR count). The van der Waals surface area contributed by atoms with Crippen LogP contribution in [0.2, 0.25) is 0 Å². The number of thiophene rings is 1. The van der Waals surface area contributed by atoms with Gasteiger partial charge in [0, 0.05) is 30.1 Å². The molecule has 1 saturated heterocycles. The Morgan fingerprint density at radius 1 is 1.12 bits per heavy atom. The zero-order chi connectivity index (χ0) is 17.2. The molecule has 0 bridgehead atoms. The van der Waals surface area contributed by atoms with Gasteiger partial charge in [0.15, 0.2) is 0 Å². The summed E-state index contributed by atoms with van der Waals surface area (Å²) in [6, 6.07) is 8.85. The lowest BCUT2D eigenvalue weighted by molar-refractivity contribution is 0.724. The third kappa shape index (κ3) is 3.14. The maximum atomic E-state index is 4.72. The minimum atomic E-state index is 0.997. The Bertz CT molecular complexity index is 861. The highest BCUT2D eigenvalue weighted by molar-refractivity contribution is 7.19. The van der Waals surface area contributed by atoms with Gasteiger partial charge in [-0.05, 0) is 31.9 Å². The lowest BCUT2D eigenvalue weighted by Crippen LogP contribution is -2.28. The smallest absolute Gasteiger partial charge is 0.141 e. The molecule has 0 amide bonds. The molecule has 0 atom stereocenters. The summed E-state index contributed by atoms with van der Waals surface area (Å²) in [6.07, 6.45) is 3.90. The predicted octanol–water partition coefficient (Wildman–Crippen LogP) is 4.03. The molecule has 1 N–H and O–H groups in total. The van der Waals surface area contributed by atoms with Gasteiger partial charge >= 0.3 is 0 Å². The van der Waals surface area contributed by atoms with E-state index in [2.05, 4.69) is 53.3 Å². The lowest BCUT2D eigenvalue weighted by atomic mass is 10.0. The van der Waals surface area contributed by atoms with Gasteiger partial charge in [-0.2, -0.15) is 0 Å². The van der Waals surface area contributed by atoms with Crippen LogP contribution in [0.15, 0.2) is 30.6 Å². The van der Waals surface area contributed by atoms with Crippen LogP contribution < -0.4 is 10.2 Å². The second kappa shape index (κ2) is 7.10. The van der Waals surface area contributed by atoms with Gasteiger partial charge in [-0.1, -0.05) is 36.8 Å². The maximum absolute atomic E-state index is 4.72. The molecule has 1 aromatic carbocycles. The number of benzene rings is 1. The predicted molar refractivity (Wildman–Crippen MR) is 107 cm³/mol. The first-order valence-corrected chi connectivity index (χ1v) is 9.88. The minimum Gasteiger partial charge on any atom is -0.355 e. The second-order valence-corrected chi connectivity index (χ2v) is 7.67. The quantitative estimate of drug-likeness (QED) is 0.773. The van der Waals surface area contributed by atoms with Crippen LogP contribution in [0.3, 0.4) is 0 Å². The van der Waals surface area contributed by atoms with Gasteiger partial charge < -0.3 is 10.2 Å². The van der Waals surface area contributed by atoms with E-state index in [1.165, 1.54) is 27.0 Å². The van der Waals surface area contributed by atoms with Crippen LogP contribution in [0.1, 0.15) is 23.8 Å². The normalized spacial score (nSPS) is 15.5. The zero-order valence-corrected chi connectivity index (χ0v) is 15.7.